The first-order valence-corrected chi connectivity index (χ1v) is 12.9. The van der Waals surface area contributed by atoms with E-state index in [1.54, 1.807) is 30.3 Å². The van der Waals surface area contributed by atoms with Gasteiger partial charge in [-0.3, -0.25) is 9.59 Å². The maximum Gasteiger partial charge on any atom is 0.343 e. The number of benzene rings is 3. The monoisotopic (exact) mass is 533 g/mol. The minimum Gasteiger partial charge on any atom is -0.506 e. The SMILES string of the molecule is CCc1cc(C[C@H](NC(C)=O)C(=O)NCCCCOc2ccc(-c3ccccc3)c(O)c2C(=O)O)ccc1N. The number of amides is 2. The Kier molecular flexibility index (Phi) is 10.3. The highest BCUT2D eigenvalue weighted by Crippen LogP contribution is 2.37. The summed E-state index contributed by atoms with van der Waals surface area (Å²) in [7, 11) is 0. The zero-order valence-electron chi connectivity index (χ0n) is 22.2. The van der Waals surface area contributed by atoms with Crippen LogP contribution in [0.2, 0.25) is 0 Å². The van der Waals surface area contributed by atoms with Gasteiger partial charge in [0.05, 0.1) is 6.61 Å². The fourth-order valence-corrected chi connectivity index (χ4v) is 4.28. The molecule has 3 aromatic rings. The number of carboxylic acid groups (broad SMARTS) is 1. The summed E-state index contributed by atoms with van der Waals surface area (Å²) in [6, 6.07) is 17.0. The van der Waals surface area contributed by atoms with E-state index in [2.05, 4.69) is 10.6 Å². The second kappa shape index (κ2) is 13.9. The number of aromatic hydroxyl groups is 1. The van der Waals surface area contributed by atoms with Gasteiger partial charge in [-0.1, -0.05) is 49.4 Å². The smallest absolute Gasteiger partial charge is 0.343 e. The van der Waals surface area contributed by atoms with E-state index < -0.39 is 12.0 Å². The molecule has 0 aromatic heterocycles. The minimum atomic E-state index is -1.29. The van der Waals surface area contributed by atoms with Crippen LogP contribution in [-0.2, 0) is 22.4 Å². The molecule has 0 spiro atoms. The number of hydrogen-bond acceptors (Lipinski definition) is 6. The number of rotatable bonds is 13. The summed E-state index contributed by atoms with van der Waals surface area (Å²) in [4.78, 5) is 36.3. The normalized spacial score (nSPS) is 11.4. The molecule has 0 heterocycles. The number of carbonyl (C=O) groups excluding carboxylic acids is 2. The van der Waals surface area contributed by atoms with E-state index in [4.69, 9.17) is 10.5 Å². The van der Waals surface area contributed by atoms with Crippen molar-refractivity contribution in [2.75, 3.05) is 18.9 Å². The molecule has 0 aliphatic rings. The molecule has 39 heavy (non-hydrogen) atoms. The molecule has 0 saturated heterocycles. The van der Waals surface area contributed by atoms with Crippen molar-refractivity contribution < 1.29 is 29.3 Å². The summed E-state index contributed by atoms with van der Waals surface area (Å²) < 4.78 is 5.67. The van der Waals surface area contributed by atoms with Crippen LogP contribution >= 0.6 is 0 Å². The van der Waals surface area contributed by atoms with Gasteiger partial charge in [0.1, 0.15) is 23.1 Å². The van der Waals surface area contributed by atoms with Crippen LogP contribution in [0.25, 0.3) is 11.1 Å². The number of aryl methyl sites for hydroxylation is 1. The Labute approximate surface area is 228 Å². The van der Waals surface area contributed by atoms with E-state index >= 15 is 0 Å². The number of unbranched alkanes of at least 4 members (excludes halogenated alkanes) is 1. The van der Waals surface area contributed by atoms with Crippen molar-refractivity contribution in [1.82, 2.24) is 10.6 Å². The Bertz CT molecular complexity index is 1310. The van der Waals surface area contributed by atoms with Gasteiger partial charge in [0.2, 0.25) is 11.8 Å². The number of nitrogens with one attached hydrogen (secondary N) is 2. The maximum atomic E-state index is 12.8. The molecule has 0 fully saturated rings. The van der Waals surface area contributed by atoms with Crippen molar-refractivity contribution in [2.45, 2.75) is 45.6 Å². The van der Waals surface area contributed by atoms with Crippen LogP contribution in [0.1, 0.15) is 48.2 Å². The first-order valence-electron chi connectivity index (χ1n) is 12.9. The second-order valence-electron chi connectivity index (χ2n) is 9.20. The molecule has 0 bridgehead atoms. The zero-order chi connectivity index (χ0) is 28.4. The Morgan fingerprint density at radius 3 is 2.44 bits per heavy atom. The van der Waals surface area contributed by atoms with Crippen molar-refractivity contribution in [1.29, 1.82) is 0 Å². The van der Waals surface area contributed by atoms with E-state index in [0.29, 0.717) is 42.6 Å². The fraction of sp³-hybridized carbons (Fsp3) is 0.300. The first kappa shape index (κ1) is 29.0. The van der Waals surface area contributed by atoms with Crippen LogP contribution in [0.5, 0.6) is 11.5 Å². The lowest BCUT2D eigenvalue weighted by atomic mass is 10.0. The molecule has 0 aliphatic carbocycles. The Balaban J connectivity index is 1.53. The number of phenols is 1. The quantitative estimate of drug-likeness (QED) is 0.165. The third kappa shape index (κ3) is 7.98. The van der Waals surface area contributed by atoms with Gasteiger partial charge in [-0.05, 0) is 54.2 Å². The number of anilines is 1. The number of ether oxygens (including phenoxy) is 1. The predicted molar refractivity (Wildman–Crippen MR) is 150 cm³/mol. The molecule has 3 rings (SSSR count). The van der Waals surface area contributed by atoms with E-state index in [9.17, 15) is 24.6 Å². The molecule has 9 nitrogen and oxygen atoms in total. The average Bonchev–Trinajstić information content (AvgIpc) is 2.91. The van der Waals surface area contributed by atoms with Crippen LogP contribution in [0.3, 0.4) is 0 Å². The lowest BCUT2D eigenvalue weighted by molar-refractivity contribution is -0.128. The van der Waals surface area contributed by atoms with Gasteiger partial charge in [0, 0.05) is 31.1 Å². The van der Waals surface area contributed by atoms with E-state index in [1.165, 1.54) is 13.0 Å². The Morgan fingerprint density at radius 1 is 1.03 bits per heavy atom. The van der Waals surface area contributed by atoms with Crippen molar-refractivity contribution in [3.63, 3.8) is 0 Å². The number of carboxylic acids is 1. The molecule has 0 unspecified atom stereocenters. The van der Waals surface area contributed by atoms with Crippen LogP contribution in [0.4, 0.5) is 5.69 Å². The van der Waals surface area contributed by atoms with E-state index in [-0.39, 0.29) is 35.5 Å². The highest BCUT2D eigenvalue weighted by Gasteiger charge is 2.22. The largest absolute Gasteiger partial charge is 0.506 e. The zero-order valence-corrected chi connectivity index (χ0v) is 22.2. The fourth-order valence-electron chi connectivity index (χ4n) is 4.28. The second-order valence-corrected chi connectivity index (χ2v) is 9.20. The lowest BCUT2D eigenvalue weighted by Gasteiger charge is -2.18. The van der Waals surface area contributed by atoms with Crippen molar-refractivity contribution in [3.05, 3.63) is 77.4 Å². The Morgan fingerprint density at radius 2 is 1.77 bits per heavy atom. The average molecular weight is 534 g/mol. The van der Waals surface area contributed by atoms with Gasteiger partial charge < -0.3 is 31.3 Å². The number of aromatic carboxylic acids is 1. The lowest BCUT2D eigenvalue weighted by Crippen LogP contribution is -2.47. The molecule has 6 N–H and O–H groups in total. The summed E-state index contributed by atoms with van der Waals surface area (Å²) in [5, 5.41) is 25.8. The van der Waals surface area contributed by atoms with E-state index in [0.717, 1.165) is 17.5 Å². The highest BCUT2D eigenvalue weighted by atomic mass is 16.5. The van der Waals surface area contributed by atoms with E-state index in [1.807, 2.05) is 31.2 Å². The molecule has 3 aromatic carbocycles. The molecule has 2 amide bonds. The Hall–Kier alpha value is -4.53. The van der Waals surface area contributed by atoms with Gasteiger partial charge in [-0.15, -0.1) is 0 Å². The summed E-state index contributed by atoms with van der Waals surface area (Å²) in [5.74, 6) is -2.16. The molecular formula is C30H35N3O6. The molecule has 0 radical (unpaired) electrons. The highest BCUT2D eigenvalue weighted by molar-refractivity contribution is 5.97. The number of carbonyl (C=O) groups is 3. The van der Waals surface area contributed by atoms with Gasteiger partial charge in [-0.25, -0.2) is 4.79 Å². The van der Waals surface area contributed by atoms with Crippen molar-refractivity contribution in [3.8, 4) is 22.6 Å². The van der Waals surface area contributed by atoms with Crippen molar-refractivity contribution in [2.24, 2.45) is 0 Å². The standard InChI is InChI=1S/C30H35N3O6/c1-3-21-17-20(11-13-24(21)31)18-25(33-19(2)34)29(36)32-15-7-8-16-39-26-14-12-23(22-9-5-4-6-10-22)28(35)27(26)30(37)38/h4-6,9-14,17,25,35H,3,7-8,15-16,18,31H2,1-2H3,(H,32,36)(H,33,34)(H,37,38)/t25-/m0/s1. The summed E-state index contributed by atoms with van der Waals surface area (Å²) >= 11 is 0. The molecular weight excluding hydrogens is 498 g/mol. The molecule has 206 valence electrons. The molecule has 9 heteroatoms. The first-order chi connectivity index (χ1) is 18.7. The number of hydrogen-bond donors (Lipinski definition) is 5. The van der Waals surface area contributed by atoms with Crippen LogP contribution < -0.4 is 21.1 Å². The summed E-state index contributed by atoms with van der Waals surface area (Å²) in [6.45, 7) is 3.92. The van der Waals surface area contributed by atoms with Crippen LogP contribution in [0.15, 0.2) is 60.7 Å². The van der Waals surface area contributed by atoms with Gasteiger partial charge in [-0.2, -0.15) is 0 Å². The predicted octanol–water partition coefficient (Wildman–Crippen LogP) is 3.92. The summed E-state index contributed by atoms with van der Waals surface area (Å²) in [5.41, 5.74) is 9.37. The topological polar surface area (TPSA) is 151 Å². The van der Waals surface area contributed by atoms with Crippen LogP contribution in [0, 0.1) is 0 Å². The maximum absolute atomic E-state index is 12.8. The van der Waals surface area contributed by atoms with Gasteiger partial charge in [0.15, 0.2) is 0 Å². The van der Waals surface area contributed by atoms with Gasteiger partial charge >= 0.3 is 5.97 Å². The molecule has 0 saturated carbocycles. The minimum absolute atomic E-state index is 0.0735. The summed E-state index contributed by atoms with van der Waals surface area (Å²) in [6.07, 6.45) is 2.20. The number of nitrogen functional groups attached to an aromatic ring is 1. The number of nitrogens with two attached hydrogens (primary N) is 1. The van der Waals surface area contributed by atoms with Gasteiger partial charge in [0.25, 0.3) is 0 Å². The van der Waals surface area contributed by atoms with Crippen molar-refractivity contribution >= 4 is 23.5 Å². The third-order valence-corrected chi connectivity index (χ3v) is 6.29. The molecule has 1 atom stereocenters. The molecule has 0 aliphatic heterocycles. The third-order valence-electron chi connectivity index (χ3n) is 6.29. The van der Waals surface area contributed by atoms with Crippen LogP contribution in [-0.4, -0.2) is 47.2 Å².